The van der Waals surface area contributed by atoms with Crippen LogP contribution >= 0.6 is 0 Å². The summed E-state index contributed by atoms with van der Waals surface area (Å²) in [6.07, 6.45) is 4.83. The first-order chi connectivity index (χ1) is 14.2. The van der Waals surface area contributed by atoms with Crippen molar-refractivity contribution in [3.63, 3.8) is 0 Å². The Morgan fingerprint density at radius 1 is 1.14 bits per heavy atom. The fraction of sp³-hybridized carbons (Fsp3) is 0.217. The zero-order valence-corrected chi connectivity index (χ0v) is 16.2. The number of aryl methyl sites for hydroxylation is 2. The SMILES string of the molecule is Cc1ccc(C(=O)N[C@@H]2CCCc3ccccc32)cc1-n1nnc2cccnc21. The van der Waals surface area contributed by atoms with Gasteiger partial charge in [0.15, 0.2) is 5.65 Å². The molecule has 29 heavy (non-hydrogen) atoms. The second kappa shape index (κ2) is 7.13. The number of rotatable bonds is 3. The van der Waals surface area contributed by atoms with Crippen LogP contribution in [0.4, 0.5) is 0 Å². The average Bonchev–Trinajstić information content (AvgIpc) is 3.18. The van der Waals surface area contributed by atoms with Crippen LogP contribution in [0, 0.1) is 6.92 Å². The lowest BCUT2D eigenvalue weighted by atomic mass is 9.87. The zero-order chi connectivity index (χ0) is 19.8. The van der Waals surface area contributed by atoms with E-state index in [1.807, 2.05) is 43.3 Å². The fourth-order valence-electron chi connectivity index (χ4n) is 4.05. The van der Waals surface area contributed by atoms with Gasteiger partial charge in [-0.1, -0.05) is 35.5 Å². The summed E-state index contributed by atoms with van der Waals surface area (Å²) in [6, 6.07) is 17.8. The lowest BCUT2D eigenvalue weighted by Crippen LogP contribution is -2.31. The maximum atomic E-state index is 13.0. The Morgan fingerprint density at radius 3 is 2.97 bits per heavy atom. The Hall–Kier alpha value is -3.54. The topological polar surface area (TPSA) is 72.7 Å². The summed E-state index contributed by atoms with van der Waals surface area (Å²) in [5.74, 6) is -0.0784. The zero-order valence-electron chi connectivity index (χ0n) is 16.2. The molecule has 4 aromatic rings. The van der Waals surface area contributed by atoms with Crippen molar-refractivity contribution in [2.75, 3.05) is 0 Å². The molecule has 144 valence electrons. The monoisotopic (exact) mass is 383 g/mol. The summed E-state index contributed by atoms with van der Waals surface area (Å²) in [6.45, 7) is 1.99. The van der Waals surface area contributed by atoms with Crippen molar-refractivity contribution in [1.29, 1.82) is 0 Å². The highest BCUT2D eigenvalue weighted by Gasteiger charge is 2.22. The van der Waals surface area contributed by atoms with Gasteiger partial charge in [0.2, 0.25) is 0 Å². The van der Waals surface area contributed by atoms with E-state index in [1.54, 1.807) is 10.9 Å². The quantitative estimate of drug-likeness (QED) is 0.582. The van der Waals surface area contributed by atoms with Gasteiger partial charge in [-0.15, -0.1) is 5.10 Å². The summed E-state index contributed by atoms with van der Waals surface area (Å²) in [5, 5.41) is 11.6. The first-order valence-electron chi connectivity index (χ1n) is 9.87. The van der Waals surface area contributed by atoms with Crippen LogP contribution in [0.15, 0.2) is 60.8 Å². The first kappa shape index (κ1) is 17.6. The maximum Gasteiger partial charge on any atom is 0.251 e. The van der Waals surface area contributed by atoms with Gasteiger partial charge in [-0.25, -0.2) is 4.98 Å². The van der Waals surface area contributed by atoms with Crippen LogP contribution in [0.3, 0.4) is 0 Å². The number of nitrogens with zero attached hydrogens (tertiary/aromatic N) is 4. The van der Waals surface area contributed by atoms with Crippen LogP contribution < -0.4 is 5.32 Å². The number of aromatic nitrogens is 4. The third kappa shape index (κ3) is 3.16. The standard InChI is InChI=1S/C23H21N5O/c1-15-11-12-17(14-21(15)28-22-20(26-27-28)10-5-13-24-22)23(29)25-19-9-4-7-16-6-2-3-8-18(16)19/h2-3,5-6,8,10-14,19H,4,7,9H2,1H3,(H,25,29)/t19-/m1/s1. The third-order valence-electron chi connectivity index (χ3n) is 5.58. The van der Waals surface area contributed by atoms with Crippen molar-refractivity contribution in [3.8, 4) is 5.69 Å². The van der Waals surface area contributed by atoms with E-state index >= 15 is 0 Å². The van der Waals surface area contributed by atoms with Crippen LogP contribution in [0.2, 0.25) is 0 Å². The second-order valence-corrected chi connectivity index (χ2v) is 7.47. The Labute approximate surface area is 168 Å². The van der Waals surface area contributed by atoms with Crippen LogP contribution in [-0.2, 0) is 6.42 Å². The molecule has 6 nitrogen and oxygen atoms in total. The normalized spacial score (nSPS) is 15.8. The number of fused-ring (bicyclic) bond motifs is 2. The van der Waals surface area contributed by atoms with Gasteiger partial charge in [0.1, 0.15) is 5.52 Å². The molecule has 0 saturated carbocycles. The van der Waals surface area contributed by atoms with Gasteiger partial charge in [0.25, 0.3) is 5.91 Å². The Balaban J connectivity index is 1.47. The van der Waals surface area contributed by atoms with E-state index in [0.29, 0.717) is 11.2 Å². The molecule has 0 fully saturated rings. The predicted octanol–water partition coefficient (Wildman–Crippen LogP) is 3.93. The molecule has 0 saturated heterocycles. The Bertz CT molecular complexity index is 1210. The van der Waals surface area contributed by atoms with Gasteiger partial charge in [-0.3, -0.25) is 4.79 Å². The first-order valence-corrected chi connectivity index (χ1v) is 9.87. The largest absolute Gasteiger partial charge is 0.345 e. The summed E-state index contributed by atoms with van der Waals surface area (Å²) in [5.41, 5.74) is 6.37. The summed E-state index contributed by atoms with van der Waals surface area (Å²) in [7, 11) is 0. The number of hydrogen-bond acceptors (Lipinski definition) is 4. The van der Waals surface area contributed by atoms with Crippen molar-refractivity contribution >= 4 is 17.1 Å². The maximum absolute atomic E-state index is 13.0. The highest BCUT2D eigenvalue weighted by Crippen LogP contribution is 2.30. The van der Waals surface area contributed by atoms with Gasteiger partial charge in [0, 0.05) is 11.8 Å². The number of carbonyl (C=O) groups is 1. The fourth-order valence-corrected chi connectivity index (χ4v) is 4.05. The van der Waals surface area contributed by atoms with Crippen molar-refractivity contribution in [2.24, 2.45) is 0 Å². The summed E-state index contributed by atoms with van der Waals surface area (Å²) in [4.78, 5) is 17.4. The molecule has 0 bridgehead atoms. The Kier molecular flexibility index (Phi) is 4.31. The highest BCUT2D eigenvalue weighted by atomic mass is 16.1. The molecule has 1 N–H and O–H groups in total. The minimum Gasteiger partial charge on any atom is -0.345 e. The van der Waals surface area contributed by atoms with E-state index in [2.05, 4.69) is 38.8 Å². The molecular weight excluding hydrogens is 362 g/mol. The van der Waals surface area contributed by atoms with Gasteiger partial charge >= 0.3 is 0 Å². The number of hydrogen-bond donors (Lipinski definition) is 1. The van der Waals surface area contributed by atoms with E-state index in [4.69, 9.17) is 0 Å². The van der Waals surface area contributed by atoms with Crippen LogP contribution in [0.1, 0.15) is 45.9 Å². The molecular formula is C23H21N5O. The lowest BCUT2D eigenvalue weighted by molar-refractivity contribution is 0.0932. The molecule has 1 amide bonds. The van der Waals surface area contributed by atoms with E-state index in [1.165, 1.54) is 11.1 Å². The molecule has 2 aromatic heterocycles. The van der Waals surface area contributed by atoms with E-state index in [9.17, 15) is 4.79 Å². The number of carbonyl (C=O) groups excluding carboxylic acids is 1. The van der Waals surface area contributed by atoms with Gasteiger partial charge in [0.05, 0.1) is 11.7 Å². The van der Waals surface area contributed by atoms with E-state index < -0.39 is 0 Å². The molecule has 2 aromatic carbocycles. The van der Waals surface area contributed by atoms with Crippen molar-refractivity contribution in [2.45, 2.75) is 32.2 Å². The lowest BCUT2D eigenvalue weighted by Gasteiger charge is -2.26. The molecule has 2 heterocycles. The minimum atomic E-state index is -0.0784. The van der Waals surface area contributed by atoms with Crippen LogP contribution in [0.5, 0.6) is 0 Å². The van der Waals surface area contributed by atoms with Gasteiger partial charge in [-0.2, -0.15) is 4.68 Å². The van der Waals surface area contributed by atoms with Crippen molar-refractivity contribution in [3.05, 3.63) is 83.0 Å². The molecule has 5 rings (SSSR count). The molecule has 0 aliphatic heterocycles. The van der Waals surface area contributed by atoms with Gasteiger partial charge < -0.3 is 5.32 Å². The van der Waals surface area contributed by atoms with Crippen molar-refractivity contribution < 1.29 is 4.79 Å². The van der Waals surface area contributed by atoms with Crippen LogP contribution in [-0.4, -0.2) is 25.9 Å². The second-order valence-electron chi connectivity index (χ2n) is 7.47. The third-order valence-corrected chi connectivity index (χ3v) is 5.58. The molecule has 0 spiro atoms. The Morgan fingerprint density at radius 2 is 2.03 bits per heavy atom. The molecule has 1 aliphatic rings. The average molecular weight is 383 g/mol. The van der Waals surface area contributed by atoms with Crippen molar-refractivity contribution in [1.82, 2.24) is 25.3 Å². The predicted molar refractivity (Wildman–Crippen MR) is 111 cm³/mol. The molecule has 6 heteroatoms. The number of nitrogens with one attached hydrogen (secondary N) is 1. The molecule has 1 aliphatic carbocycles. The summed E-state index contributed by atoms with van der Waals surface area (Å²) < 4.78 is 1.69. The molecule has 1 atom stereocenters. The van der Waals surface area contributed by atoms with E-state index in [-0.39, 0.29) is 11.9 Å². The molecule has 0 unspecified atom stereocenters. The number of benzene rings is 2. The smallest absolute Gasteiger partial charge is 0.251 e. The molecule has 0 radical (unpaired) electrons. The number of pyridine rings is 1. The minimum absolute atomic E-state index is 0.0473. The van der Waals surface area contributed by atoms with E-state index in [0.717, 1.165) is 36.0 Å². The highest BCUT2D eigenvalue weighted by molar-refractivity contribution is 5.95. The summed E-state index contributed by atoms with van der Waals surface area (Å²) >= 11 is 0. The van der Waals surface area contributed by atoms with Crippen LogP contribution in [0.25, 0.3) is 16.9 Å². The number of amides is 1. The van der Waals surface area contributed by atoms with Gasteiger partial charge in [-0.05, 0) is 67.1 Å².